The molecule has 2 nitrogen and oxygen atoms in total. The molecule has 0 saturated heterocycles. The molecule has 0 fully saturated rings. The molecule has 0 amide bonds. The molecule has 0 atom stereocenters. The summed E-state index contributed by atoms with van der Waals surface area (Å²) < 4.78 is 2.21. The largest absolute Gasteiger partial charge is 0.309 e. The number of pyridine rings is 1. The van der Waals surface area contributed by atoms with Gasteiger partial charge in [-0.3, -0.25) is 4.98 Å². The molecule has 2 rings (SSSR count). The van der Waals surface area contributed by atoms with Gasteiger partial charge in [0.15, 0.2) is 0 Å². The fraction of sp³-hybridized carbons (Fsp3) is 0.125. The first-order valence-electron chi connectivity index (χ1n) is 3.46. The molecule has 1 aliphatic heterocycles. The Bertz CT molecular complexity index is 250. The van der Waals surface area contributed by atoms with E-state index in [1.807, 2.05) is 24.5 Å². The molecule has 0 spiro atoms. The highest BCUT2D eigenvalue weighted by atomic mass is 32.2. The first-order chi connectivity index (χ1) is 5.47. The molecule has 1 aromatic heterocycles. The van der Waals surface area contributed by atoms with Gasteiger partial charge >= 0.3 is 0 Å². The number of aromatic nitrogens is 1. The maximum atomic E-state index is 3.96. The van der Waals surface area contributed by atoms with Crippen molar-refractivity contribution in [3.8, 4) is 0 Å². The molecule has 1 aromatic rings. The zero-order valence-corrected chi connectivity index (χ0v) is 6.79. The van der Waals surface area contributed by atoms with Crippen LogP contribution in [0.4, 0.5) is 5.69 Å². The van der Waals surface area contributed by atoms with E-state index in [0.717, 1.165) is 6.54 Å². The lowest BCUT2D eigenvalue weighted by molar-refractivity contribution is 1.21. The summed E-state index contributed by atoms with van der Waals surface area (Å²) in [6.07, 6.45) is 5.77. The third-order valence-corrected chi connectivity index (χ3v) is 2.43. The topological polar surface area (TPSA) is 16.1 Å². The Morgan fingerprint density at radius 3 is 2.82 bits per heavy atom. The number of hydrogen-bond donors (Lipinski definition) is 0. The van der Waals surface area contributed by atoms with Gasteiger partial charge in [-0.1, -0.05) is 6.08 Å². The van der Waals surface area contributed by atoms with Gasteiger partial charge in [-0.2, -0.15) is 0 Å². The zero-order chi connectivity index (χ0) is 7.52. The smallest absolute Gasteiger partial charge is 0.0507 e. The third-order valence-electron chi connectivity index (χ3n) is 1.51. The fourth-order valence-corrected chi connectivity index (χ4v) is 1.71. The van der Waals surface area contributed by atoms with Gasteiger partial charge < -0.3 is 4.31 Å². The van der Waals surface area contributed by atoms with E-state index in [2.05, 4.69) is 20.8 Å². The summed E-state index contributed by atoms with van der Waals surface area (Å²) in [5, 5.41) is 2.10. The van der Waals surface area contributed by atoms with Crippen LogP contribution in [-0.2, 0) is 0 Å². The third kappa shape index (κ3) is 1.38. The first kappa shape index (κ1) is 6.73. The molecular weight excluding hydrogens is 156 g/mol. The Labute approximate surface area is 70.1 Å². The van der Waals surface area contributed by atoms with Gasteiger partial charge in [0.2, 0.25) is 0 Å². The Hall–Kier alpha value is -0.960. The van der Waals surface area contributed by atoms with E-state index < -0.39 is 0 Å². The van der Waals surface area contributed by atoms with Gasteiger partial charge in [0.05, 0.1) is 5.69 Å². The van der Waals surface area contributed by atoms with E-state index in [0.29, 0.717) is 0 Å². The molecule has 0 radical (unpaired) electrons. The van der Waals surface area contributed by atoms with Gasteiger partial charge in [-0.15, -0.1) is 0 Å². The second-order valence-electron chi connectivity index (χ2n) is 2.24. The lowest BCUT2D eigenvalue weighted by Gasteiger charge is -2.14. The summed E-state index contributed by atoms with van der Waals surface area (Å²) in [6, 6.07) is 4.03. The van der Waals surface area contributed by atoms with Gasteiger partial charge in [0.25, 0.3) is 0 Å². The van der Waals surface area contributed by atoms with E-state index >= 15 is 0 Å². The van der Waals surface area contributed by atoms with Crippen molar-refractivity contribution >= 4 is 17.6 Å². The van der Waals surface area contributed by atoms with Gasteiger partial charge in [0.1, 0.15) is 0 Å². The zero-order valence-electron chi connectivity index (χ0n) is 5.97. The van der Waals surface area contributed by atoms with Crippen LogP contribution < -0.4 is 4.31 Å². The van der Waals surface area contributed by atoms with Crippen molar-refractivity contribution in [1.82, 2.24) is 4.98 Å². The quantitative estimate of drug-likeness (QED) is 0.591. The molecule has 0 unspecified atom stereocenters. The van der Waals surface area contributed by atoms with Crippen LogP contribution in [0.5, 0.6) is 0 Å². The molecule has 11 heavy (non-hydrogen) atoms. The van der Waals surface area contributed by atoms with Crippen LogP contribution in [0.15, 0.2) is 36.0 Å². The molecule has 0 aliphatic carbocycles. The second kappa shape index (κ2) is 2.96. The minimum atomic E-state index is 0.995. The highest BCUT2D eigenvalue weighted by Gasteiger charge is 2.06. The summed E-state index contributed by atoms with van der Waals surface area (Å²) >= 11 is 1.72. The normalized spacial score (nSPS) is 15.8. The van der Waals surface area contributed by atoms with Crippen LogP contribution in [-0.4, -0.2) is 11.5 Å². The number of hydrogen-bond acceptors (Lipinski definition) is 3. The van der Waals surface area contributed by atoms with E-state index in [4.69, 9.17) is 0 Å². The van der Waals surface area contributed by atoms with E-state index in [9.17, 15) is 0 Å². The number of rotatable bonds is 1. The average molecular weight is 164 g/mol. The van der Waals surface area contributed by atoms with Crippen LogP contribution in [0, 0.1) is 0 Å². The van der Waals surface area contributed by atoms with Crippen molar-refractivity contribution in [3.63, 3.8) is 0 Å². The van der Waals surface area contributed by atoms with Gasteiger partial charge in [0, 0.05) is 18.9 Å². The van der Waals surface area contributed by atoms with Crippen molar-refractivity contribution in [1.29, 1.82) is 0 Å². The van der Waals surface area contributed by atoms with Crippen LogP contribution >= 0.6 is 11.9 Å². The predicted molar refractivity (Wildman–Crippen MR) is 48.3 cm³/mol. The number of anilines is 1. The fourth-order valence-electron chi connectivity index (χ4n) is 0.975. The summed E-state index contributed by atoms with van der Waals surface area (Å²) in [5.41, 5.74) is 1.22. The Morgan fingerprint density at radius 2 is 2.18 bits per heavy atom. The van der Waals surface area contributed by atoms with Crippen molar-refractivity contribution in [2.24, 2.45) is 0 Å². The molecule has 56 valence electrons. The molecule has 1 aliphatic rings. The van der Waals surface area contributed by atoms with E-state index in [1.165, 1.54) is 5.69 Å². The molecule has 3 heteroatoms. The predicted octanol–water partition coefficient (Wildman–Crippen LogP) is 2.06. The molecule has 0 bridgehead atoms. The average Bonchev–Trinajstić information content (AvgIpc) is 2.58. The van der Waals surface area contributed by atoms with Crippen molar-refractivity contribution in [3.05, 3.63) is 36.0 Å². The maximum Gasteiger partial charge on any atom is 0.0507 e. The minimum absolute atomic E-state index is 0.995. The SMILES string of the molecule is C1=CSN(c2ccncc2)C1. The van der Waals surface area contributed by atoms with Crippen LogP contribution in [0.3, 0.4) is 0 Å². The highest BCUT2D eigenvalue weighted by molar-refractivity contribution is 8.03. The van der Waals surface area contributed by atoms with E-state index in [1.54, 1.807) is 11.9 Å². The van der Waals surface area contributed by atoms with Crippen LogP contribution in [0.2, 0.25) is 0 Å². The molecule has 0 N–H and O–H groups in total. The number of nitrogens with zero attached hydrogens (tertiary/aromatic N) is 2. The van der Waals surface area contributed by atoms with Crippen LogP contribution in [0.1, 0.15) is 0 Å². The van der Waals surface area contributed by atoms with Gasteiger partial charge in [-0.25, -0.2) is 0 Å². The van der Waals surface area contributed by atoms with Crippen LogP contribution in [0.25, 0.3) is 0 Å². The summed E-state index contributed by atoms with van der Waals surface area (Å²) in [5.74, 6) is 0. The first-order valence-corrected chi connectivity index (χ1v) is 4.30. The summed E-state index contributed by atoms with van der Waals surface area (Å²) in [4.78, 5) is 3.96. The minimum Gasteiger partial charge on any atom is -0.309 e. The van der Waals surface area contributed by atoms with E-state index in [-0.39, 0.29) is 0 Å². The molecule has 0 saturated carbocycles. The Balaban J connectivity index is 2.17. The Morgan fingerprint density at radius 1 is 1.36 bits per heavy atom. The second-order valence-corrected chi connectivity index (χ2v) is 3.17. The monoisotopic (exact) mass is 164 g/mol. The van der Waals surface area contributed by atoms with Crippen molar-refractivity contribution in [2.45, 2.75) is 0 Å². The van der Waals surface area contributed by atoms with Crippen molar-refractivity contribution < 1.29 is 0 Å². The summed E-state index contributed by atoms with van der Waals surface area (Å²) in [7, 11) is 0. The van der Waals surface area contributed by atoms with Crippen molar-refractivity contribution in [2.75, 3.05) is 10.8 Å². The Kier molecular flexibility index (Phi) is 1.81. The lowest BCUT2D eigenvalue weighted by Crippen LogP contribution is -2.08. The molecule has 0 aromatic carbocycles. The van der Waals surface area contributed by atoms with Gasteiger partial charge in [-0.05, 0) is 29.5 Å². The highest BCUT2D eigenvalue weighted by Crippen LogP contribution is 2.25. The summed E-state index contributed by atoms with van der Waals surface area (Å²) in [6.45, 7) is 0.995. The maximum absolute atomic E-state index is 3.96. The molecule has 2 heterocycles. The standard InChI is InChI=1S/C8H8N2S/c1-6-10(11-7-1)8-2-4-9-5-3-8/h1-5,7H,6H2. The molecular formula is C8H8N2S. The lowest BCUT2D eigenvalue weighted by atomic mass is 10.4.